The molecule has 0 atom stereocenters. The van der Waals surface area contributed by atoms with Crippen molar-refractivity contribution in [1.29, 1.82) is 0 Å². The van der Waals surface area contributed by atoms with Crippen LogP contribution >= 0.6 is 0 Å². The van der Waals surface area contributed by atoms with Crippen LogP contribution in [0, 0.1) is 26.7 Å². The average Bonchev–Trinajstić information content (AvgIpc) is 2.55. The van der Waals surface area contributed by atoms with Gasteiger partial charge in [0.05, 0.1) is 0 Å². The highest BCUT2D eigenvalue weighted by Crippen LogP contribution is 2.20. The molecule has 1 aliphatic rings. The Labute approximate surface area is 163 Å². The molecule has 1 fully saturated rings. The van der Waals surface area contributed by atoms with Crippen molar-refractivity contribution in [3.8, 4) is 0 Å². The molecular weight excluding hydrogens is 340 g/mol. The SMILES string of the molecule is Cc1cc(C)c(CCNC(=O)C2CCN(C(=O)OC(C)(C)C)CC2)c(C)c1. The molecule has 1 aliphatic heterocycles. The number of rotatable bonds is 4. The van der Waals surface area contributed by atoms with Gasteiger partial charge in [-0.3, -0.25) is 4.79 Å². The molecule has 150 valence electrons. The summed E-state index contributed by atoms with van der Waals surface area (Å²) in [5.74, 6) is 0.0742. The largest absolute Gasteiger partial charge is 0.444 e. The minimum Gasteiger partial charge on any atom is -0.444 e. The molecule has 1 N–H and O–H groups in total. The smallest absolute Gasteiger partial charge is 0.410 e. The molecule has 0 spiro atoms. The fourth-order valence-electron chi connectivity index (χ4n) is 3.71. The minimum atomic E-state index is -0.489. The van der Waals surface area contributed by atoms with Crippen LogP contribution in [-0.4, -0.2) is 42.1 Å². The van der Waals surface area contributed by atoms with Crippen LogP contribution in [0.15, 0.2) is 12.1 Å². The third-order valence-corrected chi connectivity index (χ3v) is 5.03. The zero-order valence-electron chi connectivity index (χ0n) is 17.6. The highest BCUT2D eigenvalue weighted by atomic mass is 16.6. The first-order chi connectivity index (χ1) is 12.6. The number of benzene rings is 1. The molecule has 0 aromatic heterocycles. The maximum Gasteiger partial charge on any atom is 0.410 e. The normalized spacial score (nSPS) is 15.6. The first-order valence-corrected chi connectivity index (χ1v) is 9.89. The first kappa shape index (κ1) is 21.3. The standard InChI is InChI=1S/C22H34N2O3/c1-15-13-16(2)19(17(3)14-15)7-10-23-20(25)18-8-11-24(12-9-18)21(26)27-22(4,5)6/h13-14,18H,7-12H2,1-6H3,(H,23,25). The van der Waals surface area contributed by atoms with Crippen molar-refractivity contribution in [3.05, 3.63) is 34.4 Å². The maximum absolute atomic E-state index is 12.5. The summed E-state index contributed by atoms with van der Waals surface area (Å²) in [6.45, 7) is 13.7. The molecule has 2 amide bonds. The van der Waals surface area contributed by atoms with Gasteiger partial charge >= 0.3 is 6.09 Å². The molecule has 0 bridgehead atoms. The Morgan fingerprint density at radius 1 is 1.11 bits per heavy atom. The summed E-state index contributed by atoms with van der Waals surface area (Å²) < 4.78 is 5.40. The lowest BCUT2D eigenvalue weighted by atomic mass is 9.95. The van der Waals surface area contributed by atoms with E-state index < -0.39 is 5.60 Å². The number of ether oxygens (including phenoxy) is 1. The van der Waals surface area contributed by atoms with Gasteiger partial charge in [0.1, 0.15) is 5.60 Å². The van der Waals surface area contributed by atoms with Crippen molar-refractivity contribution in [2.45, 2.75) is 66.4 Å². The van der Waals surface area contributed by atoms with E-state index in [0.29, 0.717) is 32.5 Å². The van der Waals surface area contributed by atoms with Gasteiger partial charge in [-0.2, -0.15) is 0 Å². The number of nitrogens with zero attached hydrogens (tertiary/aromatic N) is 1. The fraction of sp³-hybridized carbons (Fsp3) is 0.636. The van der Waals surface area contributed by atoms with E-state index in [-0.39, 0.29) is 17.9 Å². The predicted molar refractivity (Wildman–Crippen MR) is 108 cm³/mol. The van der Waals surface area contributed by atoms with Crippen LogP contribution in [-0.2, 0) is 16.0 Å². The molecule has 1 aromatic rings. The van der Waals surface area contributed by atoms with Gasteiger partial charge in [-0.15, -0.1) is 0 Å². The Bertz CT molecular complexity index is 660. The Hall–Kier alpha value is -2.04. The molecule has 2 rings (SSSR count). The van der Waals surface area contributed by atoms with E-state index in [2.05, 4.69) is 38.2 Å². The van der Waals surface area contributed by atoms with Crippen LogP contribution in [0.3, 0.4) is 0 Å². The number of likely N-dealkylation sites (tertiary alicyclic amines) is 1. The zero-order valence-corrected chi connectivity index (χ0v) is 17.6. The van der Waals surface area contributed by atoms with Crippen molar-refractivity contribution in [2.24, 2.45) is 5.92 Å². The summed E-state index contributed by atoms with van der Waals surface area (Å²) in [5.41, 5.74) is 4.67. The van der Waals surface area contributed by atoms with E-state index in [1.54, 1.807) is 4.90 Å². The molecule has 5 heteroatoms. The van der Waals surface area contributed by atoms with Gasteiger partial charge in [0, 0.05) is 25.6 Å². The van der Waals surface area contributed by atoms with Crippen LogP contribution in [0.25, 0.3) is 0 Å². The summed E-state index contributed by atoms with van der Waals surface area (Å²) in [5, 5.41) is 3.08. The number of nitrogens with one attached hydrogen (secondary N) is 1. The second-order valence-electron chi connectivity index (χ2n) is 8.66. The van der Waals surface area contributed by atoms with Crippen LogP contribution in [0.5, 0.6) is 0 Å². The van der Waals surface area contributed by atoms with Gasteiger partial charge in [-0.1, -0.05) is 17.7 Å². The Morgan fingerprint density at radius 3 is 2.19 bits per heavy atom. The maximum atomic E-state index is 12.5. The highest BCUT2D eigenvalue weighted by molar-refractivity contribution is 5.79. The number of hydrogen-bond donors (Lipinski definition) is 1. The quantitative estimate of drug-likeness (QED) is 0.869. The van der Waals surface area contributed by atoms with Gasteiger partial charge in [0.15, 0.2) is 0 Å². The summed E-state index contributed by atoms with van der Waals surface area (Å²) in [6.07, 6.45) is 1.94. The Kier molecular flexibility index (Phi) is 6.90. The topological polar surface area (TPSA) is 58.6 Å². The summed E-state index contributed by atoms with van der Waals surface area (Å²) in [4.78, 5) is 26.3. The van der Waals surface area contributed by atoms with Gasteiger partial charge < -0.3 is 15.0 Å². The molecule has 0 unspecified atom stereocenters. The second kappa shape index (κ2) is 8.77. The lowest BCUT2D eigenvalue weighted by Gasteiger charge is -2.33. The molecule has 27 heavy (non-hydrogen) atoms. The zero-order chi connectivity index (χ0) is 20.2. The van der Waals surface area contributed by atoms with E-state index >= 15 is 0 Å². The van der Waals surface area contributed by atoms with Crippen molar-refractivity contribution < 1.29 is 14.3 Å². The average molecular weight is 375 g/mol. The van der Waals surface area contributed by atoms with E-state index in [9.17, 15) is 9.59 Å². The molecule has 0 radical (unpaired) electrons. The van der Waals surface area contributed by atoms with Gasteiger partial charge in [0.25, 0.3) is 0 Å². The third kappa shape index (κ3) is 6.26. The van der Waals surface area contributed by atoms with Crippen molar-refractivity contribution in [1.82, 2.24) is 10.2 Å². The van der Waals surface area contributed by atoms with Gasteiger partial charge in [0.2, 0.25) is 5.91 Å². The fourth-order valence-corrected chi connectivity index (χ4v) is 3.71. The summed E-state index contributed by atoms with van der Waals surface area (Å²) in [6, 6.07) is 4.38. The lowest BCUT2D eigenvalue weighted by Crippen LogP contribution is -2.45. The summed E-state index contributed by atoms with van der Waals surface area (Å²) >= 11 is 0. The van der Waals surface area contributed by atoms with E-state index in [1.165, 1.54) is 22.3 Å². The van der Waals surface area contributed by atoms with Gasteiger partial charge in [-0.05, 0) is 77.5 Å². The third-order valence-electron chi connectivity index (χ3n) is 5.03. The van der Waals surface area contributed by atoms with Crippen molar-refractivity contribution in [2.75, 3.05) is 19.6 Å². The minimum absolute atomic E-state index is 0.0242. The van der Waals surface area contributed by atoms with E-state index in [0.717, 1.165) is 6.42 Å². The predicted octanol–water partition coefficient (Wildman–Crippen LogP) is 3.92. The van der Waals surface area contributed by atoms with Crippen molar-refractivity contribution >= 4 is 12.0 Å². The number of aryl methyl sites for hydroxylation is 3. The lowest BCUT2D eigenvalue weighted by molar-refractivity contribution is -0.126. The second-order valence-corrected chi connectivity index (χ2v) is 8.66. The van der Waals surface area contributed by atoms with Crippen LogP contribution in [0.4, 0.5) is 4.79 Å². The number of amides is 2. The molecule has 1 saturated heterocycles. The van der Waals surface area contributed by atoms with Crippen molar-refractivity contribution in [3.63, 3.8) is 0 Å². The molecule has 5 nitrogen and oxygen atoms in total. The van der Waals surface area contributed by atoms with Gasteiger partial charge in [-0.25, -0.2) is 4.79 Å². The number of piperidine rings is 1. The number of hydrogen-bond acceptors (Lipinski definition) is 3. The Balaban J connectivity index is 1.78. The van der Waals surface area contributed by atoms with Crippen LogP contribution in [0.2, 0.25) is 0 Å². The Morgan fingerprint density at radius 2 is 1.67 bits per heavy atom. The monoisotopic (exact) mass is 374 g/mol. The molecular formula is C22H34N2O3. The van der Waals surface area contributed by atoms with E-state index in [4.69, 9.17) is 4.74 Å². The molecule has 1 heterocycles. The number of carbonyl (C=O) groups is 2. The number of carbonyl (C=O) groups excluding carboxylic acids is 2. The molecule has 0 aliphatic carbocycles. The molecule has 0 saturated carbocycles. The molecule has 1 aromatic carbocycles. The summed E-state index contributed by atoms with van der Waals surface area (Å²) in [7, 11) is 0. The first-order valence-electron chi connectivity index (χ1n) is 9.89. The highest BCUT2D eigenvalue weighted by Gasteiger charge is 2.29. The van der Waals surface area contributed by atoms with Crippen LogP contribution < -0.4 is 5.32 Å². The van der Waals surface area contributed by atoms with Crippen LogP contribution in [0.1, 0.15) is 55.9 Å². The van der Waals surface area contributed by atoms with E-state index in [1.807, 2.05) is 20.8 Å².